The van der Waals surface area contributed by atoms with Crippen molar-refractivity contribution in [2.24, 2.45) is 0 Å². The summed E-state index contributed by atoms with van der Waals surface area (Å²) in [6, 6.07) is 5.15. The molecule has 0 aromatic heterocycles. The van der Waals surface area contributed by atoms with Crippen LogP contribution < -0.4 is 11.0 Å². The van der Waals surface area contributed by atoms with Crippen LogP contribution in [0.25, 0.3) is 0 Å². The number of hydrogen-bond acceptors (Lipinski definition) is 2. The number of hydrogen-bond donors (Lipinski definition) is 1. The van der Waals surface area contributed by atoms with Gasteiger partial charge in [-0.05, 0) is 31.5 Å². The van der Waals surface area contributed by atoms with Crippen LogP contribution in [0.5, 0.6) is 0 Å². The van der Waals surface area contributed by atoms with Crippen molar-refractivity contribution in [2.75, 3.05) is 19.1 Å². The summed E-state index contributed by atoms with van der Waals surface area (Å²) in [4.78, 5) is 0. The van der Waals surface area contributed by atoms with Crippen molar-refractivity contribution in [2.45, 2.75) is 0 Å². The molecule has 0 saturated carbocycles. The minimum absolute atomic E-state index is 0.564. The van der Waals surface area contributed by atoms with Crippen LogP contribution in [0.4, 0.5) is 5.69 Å². The van der Waals surface area contributed by atoms with Gasteiger partial charge in [0, 0.05) is 16.6 Å². The first-order chi connectivity index (χ1) is 5.93. The van der Waals surface area contributed by atoms with E-state index in [1.165, 1.54) is 0 Å². The molecule has 0 unspecified atom stereocenters. The first kappa shape index (κ1) is 9.89. The van der Waals surface area contributed by atoms with Crippen LogP contribution in [0, 0.1) is 12.3 Å². The summed E-state index contributed by atoms with van der Waals surface area (Å²) in [5, 5.41) is 0.737. The Bertz CT molecular complexity index is 411. The predicted octanol–water partition coefficient (Wildman–Crippen LogP) is 1.50. The molecule has 0 atom stereocenters. The van der Waals surface area contributed by atoms with Gasteiger partial charge < -0.3 is 10.3 Å². The Morgan fingerprint density at radius 1 is 1.38 bits per heavy atom. The predicted molar refractivity (Wildman–Crippen MR) is 57.9 cm³/mol. The van der Waals surface area contributed by atoms with Gasteiger partial charge in [0.25, 0.3) is 0 Å². The van der Waals surface area contributed by atoms with Gasteiger partial charge in [0.2, 0.25) is 0 Å². The van der Waals surface area contributed by atoms with Gasteiger partial charge in [-0.3, -0.25) is 0 Å². The third-order valence-corrected chi connectivity index (χ3v) is 3.23. The molecule has 1 aromatic carbocycles. The molecule has 13 heavy (non-hydrogen) atoms. The molecular weight excluding hydrogens is 181 g/mol. The Morgan fingerprint density at radius 2 is 2.00 bits per heavy atom. The van der Waals surface area contributed by atoms with Crippen molar-refractivity contribution in [3.8, 4) is 12.3 Å². The molecule has 0 aliphatic rings. The molecule has 0 fully saturated rings. The lowest BCUT2D eigenvalue weighted by Gasteiger charge is -2.08. The summed E-state index contributed by atoms with van der Waals surface area (Å²) in [5.74, 6) is 2.48. The van der Waals surface area contributed by atoms with Crippen molar-refractivity contribution in [1.82, 2.24) is 0 Å². The molecule has 0 heterocycles. The number of nitrogens with two attached hydrogens (primary N) is 1. The fraction of sp³-hybridized carbons (Fsp3) is 0.200. The highest BCUT2D eigenvalue weighted by Crippen LogP contribution is 2.35. The largest absolute Gasteiger partial charge is 0.399 e. The van der Waals surface area contributed by atoms with E-state index in [9.17, 15) is 4.57 Å². The van der Waals surface area contributed by atoms with E-state index in [-0.39, 0.29) is 0 Å². The molecule has 1 aromatic rings. The normalized spacial score (nSPS) is 10.8. The number of anilines is 1. The standard InChI is InChI=1S/C10H12NOP/c1-4-8-5-9(11)7-10(6-8)13(2,3)12/h1,5-7H,11H2,2-3H3. The first-order valence-corrected chi connectivity index (χ1v) is 6.46. The molecule has 3 heteroatoms. The van der Waals surface area contributed by atoms with Crippen LogP contribution in [0.1, 0.15) is 5.56 Å². The molecule has 2 nitrogen and oxygen atoms in total. The second kappa shape index (κ2) is 3.28. The van der Waals surface area contributed by atoms with E-state index in [0.29, 0.717) is 11.3 Å². The van der Waals surface area contributed by atoms with Crippen molar-refractivity contribution in [1.29, 1.82) is 0 Å². The quantitative estimate of drug-likeness (QED) is 0.417. The highest BCUT2D eigenvalue weighted by molar-refractivity contribution is 7.70. The smallest absolute Gasteiger partial charge is 0.109 e. The van der Waals surface area contributed by atoms with Crippen molar-refractivity contribution >= 4 is 18.1 Å². The van der Waals surface area contributed by atoms with Crippen molar-refractivity contribution < 1.29 is 4.57 Å². The van der Waals surface area contributed by atoms with Crippen molar-refractivity contribution in [3.63, 3.8) is 0 Å². The summed E-state index contributed by atoms with van der Waals surface area (Å²) >= 11 is 0. The molecule has 0 aliphatic carbocycles. The number of rotatable bonds is 1. The zero-order valence-electron chi connectivity index (χ0n) is 7.74. The Labute approximate surface area is 78.5 Å². The number of terminal acetylenes is 1. The van der Waals surface area contributed by atoms with Crippen molar-refractivity contribution in [3.05, 3.63) is 23.8 Å². The fourth-order valence-electron chi connectivity index (χ4n) is 1.03. The SMILES string of the molecule is C#Cc1cc(N)cc(P(C)(C)=O)c1. The zero-order valence-corrected chi connectivity index (χ0v) is 8.64. The van der Waals surface area contributed by atoms with Crippen LogP contribution in [0.15, 0.2) is 18.2 Å². The molecule has 0 saturated heterocycles. The zero-order chi connectivity index (χ0) is 10.1. The summed E-state index contributed by atoms with van der Waals surface area (Å²) in [5.41, 5.74) is 6.86. The molecule has 0 bridgehead atoms. The van der Waals surface area contributed by atoms with E-state index in [1.54, 1.807) is 31.5 Å². The average molecular weight is 193 g/mol. The molecule has 68 valence electrons. The number of nitrogen functional groups attached to an aromatic ring is 1. The number of benzene rings is 1. The van der Waals surface area contributed by atoms with E-state index in [4.69, 9.17) is 12.2 Å². The monoisotopic (exact) mass is 193 g/mol. The van der Waals surface area contributed by atoms with Crippen LogP contribution in [-0.2, 0) is 4.57 Å². The van der Waals surface area contributed by atoms with Gasteiger partial charge in [-0.15, -0.1) is 6.42 Å². The summed E-state index contributed by atoms with van der Waals surface area (Å²) in [6.45, 7) is 3.39. The third kappa shape index (κ3) is 2.37. The van der Waals surface area contributed by atoms with Crippen LogP contribution in [-0.4, -0.2) is 13.3 Å². The highest BCUT2D eigenvalue weighted by Gasteiger charge is 2.11. The van der Waals surface area contributed by atoms with E-state index >= 15 is 0 Å². The van der Waals surface area contributed by atoms with Crippen LogP contribution >= 0.6 is 7.14 Å². The Balaban J connectivity index is 3.35. The molecule has 0 radical (unpaired) electrons. The lowest BCUT2D eigenvalue weighted by Crippen LogP contribution is -2.05. The second-order valence-corrected chi connectivity index (χ2v) is 6.53. The van der Waals surface area contributed by atoms with Gasteiger partial charge in [-0.2, -0.15) is 0 Å². The Hall–Kier alpha value is -1.19. The van der Waals surface area contributed by atoms with E-state index in [2.05, 4.69) is 5.92 Å². The maximum absolute atomic E-state index is 11.7. The lowest BCUT2D eigenvalue weighted by molar-refractivity contribution is 0.588. The molecule has 0 spiro atoms. The molecule has 0 aliphatic heterocycles. The molecule has 1 rings (SSSR count). The van der Waals surface area contributed by atoms with E-state index in [0.717, 1.165) is 5.30 Å². The van der Waals surface area contributed by atoms with Gasteiger partial charge in [0.1, 0.15) is 7.14 Å². The topological polar surface area (TPSA) is 43.1 Å². The first-order valence-electron chi connectivity index (χ1n) is 3.86. The van der Waals surface area contributed by atoms with Gasteiger partial charge in [0.15, 0.2) is 0 Å². The molecular formula is C10H12NOP. The minimum Gasteiger partial charge on any atom is -0.399 e. The van der Waals surface area contributed by atoms with Crippen LogP contribution in [0.3, 0.4) is 0 Å². The second-order valence-electron chi connectivity index (χ2n) is 3.31. The van der Waals surface area contributed by atoms with E-state index < -0.39 is 7.14 Å². The highest BCUT2D eigenvalue weighted by atomic mass is 31.2. The van der Waals surface area contributed by atoms with E-state index in [1.807, 2.05) is 0 Å². The third-order valence-electron chi connectivity index (χ3n) is 1.73. The van der Waals surface area contributed by atoms with Gasteiger partial charge in [-0.1, -0.05) is 5.92 Å². The summed E-state index contributed by atoms with van der Waals surface area (Å²) in [6.07, 6.45) is 5.24. The minimum atomic E-state index is -2.26. The van der Waals surface area contributed by atoms with Gasteiger partial charge >= 0.3 is 0 Å². The molecule has 2 N–H and O–H groups in total. The lowest BCUT2D eigenvalue weighted by atomic mass is 10.2. The average Bonchev–Trinajstić information content (AvgIpc) is 2.01. The Kier molecular flexibility index (Phi) is 2.50. The maximum atomic E-state index is 11.7. The van der Waals surface area contributed by atoms with Crippen LogP contribution in [0.2, 0.25) is 0 Å². The molecule has 0 amide bonds. The van der Waals surface area contributed by atoms with Gasteiger partial charge in [-0.25, -0.2) is 0 Å². The summed E-state index contributed by atoms with van der Waals surface area (Å²) in [7, 11) is -2.26. The fourth-order valence-corrected chi connectivity index (χ4v) is 1.94. The Morgan fingerprint density at radius 3 is 2.46 bits per heavy atom. The summed E-state index contributed by atoms with van der Waals surface area (Å²) < 4.78 is 11.7. The maximum Gasteiger partial charge on any atom is 0.109 e. The van der Waals surface area contributed by atoms with Gasteiger partial charge in [0.05, 0.1) is 0 Å².